The van der Waals surface area contributed by atoms with Gasteiger partial charge < -0.3 is 19.7 Å². The van der Waals surface area contributed by atoms with Crippen molar-refractivity contribution in [3.05, 3.63) is 54.1 Å². The Morgan fingerprint density at radius 1 is 1.08 bits per heavy atom. The van der Waals surface area contributed by atoms with Crippen LogP contribution in [0.25, 0.3) is 6.08 Å². The van der Waals surface area contributed by atoms with Gasteiger partial charge in [0, 0.05) is 31.5 Å². The van der Waals surface area contributed by atoms with Crippen LogP contribution < -0.4 is 19.7 Å². The highest BCUT2D eigenvalue weighted by atomic mass is 16.5. The standard InChI is InChI=1S/C21H26N2O3/c1-15(2)26-19-12-6-16(14-20(19)25-5)7-13-21(24)22-17-8-10-18(11-9-17)23(3)4/h6-15H,1-5H3,(H,22,24). The number of carbonyl (C=O) groups excluding carboxylic acids is 1. The summed E-state index contributed by atoms with van der Waals surface area (Å²) < 4.78 is 11.0. The predicted molar refractivity (Wildman–Crippen MR) is 107 cm³/mol. The zero-order valence-electron chi connectivity index (χ0n) is 15.9. The van der Waals surface area contributed by atoms with E-state index in [4.69, 9.17) is 9.47 Å². The molecule has 0 fully saturated rings. The number of hydrogen-bond donors (Lipinski definition) is 1. The Kier molecular flexibility index (Phi) is 6.67. The molecule has 0 aliphatic carbocycles. The second-order valence-corrected chi connectivity index (χ2v) is 6.34. The zero-order valence-corrected chi connectivity index (χ0v) is 15.9. The molecule has 2 aromatic carbocycles. The summed E-state index contributed by atoms with van der Waals surface area (Å²) in [6.45, 7) is 3.92. The van der Waals surface area contributed by atoms with Gasteiger partial charge in [0.1, 0.15) is 0 Å². The van der Waals surface area contributed by atoms with Gasteiger partial charge in [0.2, 0.25) is 5.91 Å². The van der Waals surface area contributed by atoms with Gasteiger partial charge in [-0.2, -0.15) is 0 Å². The molecule has 0 saturated heterocycles. The van der Waals surface area contributed by atoms with Crippen molar-refractivity contribution >= 4 is 23.4 Å². The van der Waals surface area contributed by atoms with Crippen LogP contribution in [0.1, 0.15) is 19.4 Å². The van der Waals surface area contributed by atoms with Crippen molar-refractivity contribution in [3.8, 4) is 11.5 Å². The van der Waals surface area contributed by atoms with Gasteiger partial charge in [0.05, 0.1) is 13.2 Å². The summed E-state index contributed by atoms with van der Waals surface area (Å²) in [5, 5.41) is 2.84. The molecular formula is C21H26N2O3. The third-order valence-electron chi connectivity index (χ3n) is 3.63. The minimum absolute atomic E-state index is 0.0648. The molecule has 26 heavy (non-hydrogen) atoms. The SMILES string of the molecule is COc1cc(C=CC(=O)Nc2ccc(N(C)C)cc2)ccc1OC(C)C. The molecule has 0 radical (unpaired) electrons. The maximum absolute atomic E-state index is 12.1. The fraction of sp³-hybridized carbons (Fsp3) is 0.286. The summed E-state index contributed by atoms with van der Waals surface area (Å²) in [7, 11) is 5.55. The second-order valence-electron chi connectivity index (χ2n) is 6.34. The van der Waals surface area contributed by atoms with Crippen LogP contribution in [0.5, 0.6) is 11.5 Å². The van der Waals surface area contributed by atoms with Crippen LogP contribution in [0.3, 0.4) is 0 Å². The molecule has 1 amide bonds. The third kappa shape index (κ3) is 5.55. The lowest BCUT2D eigenvalue weighted by atomic mass is 10.2. The molecule has 0 aliphatic rings. The van der Waals surface area contributed by atoms with Crippen molar-refractivity contribution in [3.63, 3.8) is 0 Å². The minimum atomic E-state index is -0.191. The molecule has 0 aliphatic heterocycles. The molecule has 0 saturated carbocycles. The van der Waals surface area contributed by atoms with Crippen LogP contribution in [0.4, 0.5) is 11.4 Å². The van der Waals surface area contributed by atoms with E-state index in [-0.39, 0.29) is 12.0 Å². The number of carbonyl (C=O) groups is 1. The first-order valence-electron chi connectivity index (χ1n) is 8.50. The van der Waals surface area contributed by atoms with Crippen molar-refractivity contribution in [2.75, 3.05) is 31.4 Å². The molecule has 0 unspecified atom stereocenters. The summed E-state index contributed by atoms with van der Waals surface area (Å²) >= 11 is 0. The lowest BCUT2D eigenvalue weighted by Gasteiger charge is -2.13. The summed E-state index contributed by atoms with van der Waals surface area (Å²) in [5.41, 5.74) is 2.69. The van der Waals surface area contributed by atoms with E-state index in [0.717, 1.165) is 16.9 Å². The number of benzene rings is 2. The van der Waals surface area contributed by atoms with E-state index < -0.39 is 0 Å². The maximum atomic E-state index is 12.1. The van der Waals surface area contributed by atoms with Crippen LogP contribution >= 0.6 is 0 Å². The molecular weight excluding hydrogens is 328 g/mol. The second kappa shape index (κ2) is 8.94. The Hall–Kier alpha value is -2.95. The largest absolute Gasteiger partial charge is 0.493 e. The predicted octanol–water partition coefficient (Wildman–Crippen LogP) is 4.20. The van der Waals surface area contributed by atoms with E-state index in [0.29, 0.717) is 11.5 Å². The highest BCUT2D eigenvalue weighted by molar-refractivity contribution is 6.02. The highest BCUT2D eigenvalue weighted by Gasteiger charge is 2.07. The lowest BCUT2D eigenvalue weighted by molar-refractivity contribution is -0.111. The van der Waals surface area contributed by atoms with E-state index in [1.165, 1.54) is 6.08 Å². The van der Waals surface area contributed by atoms with Crippen molar-refractivity contribution < 1.29 is 14.3 Å². The van der Waals surface area contributed by atoms with Crippen LogP contribution in [0.15, 0.2) is 48.5 Å². The molecule has 0 heterocycles. The van der Waals surface area contributed by atoms with E-state index in [1.807, 2.05) is 75.3 Å². The van der Waals surface area contributed by atoms with Crippen LogP contribution in [-0.4, -0.2) is 33.2 Å². The summed E-state index contributed by atoms with van der Waals surface area (Å²) in [5.74, 6) is 1.13. The topological polar surface area (TPSA) is 50.8 Å². The van der Waals surface area contributed by atoms with E-state index in [9.17, 15) is 4.79 Å². The van der Waals surface area contributed by atoms with Crippen LogP contribution in [0, 0.1) is 0 Å². The van der Waals surface area contributed by atoms with Gasteiger partial charge in [0.15, 0.2) is 11.5 Å². The number of hydrogen-bond acceptors (Lipinski definition) is 4. The van der Waals surface area contributed by atoms with Crippen molar-refractivity contribution in [2.45, 2.75) is 20.0 Å². The number of anilines is 2. The van der Waals surface area contributed by atoms with Crippen LogP contribution in [-0.2, 0) is 4.79 Å². The maximum Gasteiger partial charge on any atom is 0.248 e. The molecule has 5 heteroatoms. The Morgan fingerprint density at radius 2 is 1.77 bits per heavy atom. The van der Waals surface area contributed by atoms with Gasteiger partial charge in [-0.3, -0.25) is 4.79 Å². The fourth-order valence-electron chi connectivity index (χ4n) is 2.34. The molecule has 0 spiro atoms. The Morgan fingerprint density at radius 3 is 2.35 bits per heavy atom. The molecule has 0 aromatic heterocycles. The molecule has 138 valence electrons. The molecule has 0 bridgehead atoms. The molecule has 2 aromatic rings. The minimum Gasteiger partial charge on any atom is -0.493 e. The molecule has 2 rings (SSSR count). The summed E-state index contributed by atoms with van der Waals surface area (Å²) in [6, 6.07) is 13.2. The van der Waals surface area contributed by atoms with Crippen molar-refractivity contribution in [2.24, 2.45) is 0 Å². The number of ether oxygens (including phenoxy) is 2. The van der Waals surface area contributed by atoms with E-state index in [2.05, 4.69) is 5.32 Å². The Labute approximate surface area is 155 Å². The quantitative estimate of drug-likeness (QED) is 0.757. The summed E-state index contributed by atoms with van der Waals surface area (Å²) in [6.07, 6.45) is 3.30. The van der Waals surface area contributed by atoms with Gasteiger partial charge in [0.25, 0.3) is 0 Å². The zero-order chi connectivity index (χ0) is 19.1. The van der Waals surface area contributed by atoms with Gasteiger partial charge in [-0.1, -0.05) is 6.07 Å². The molecule has 1 N–H and O–H groups in total. The summed E-state index contributed by atoms with van der Waals surface area (Å²) in [4.78, 5) is 14.1. The van der Waals surface area contributed by atoms with Gasteiger partial charge in [-0.25, -0.2) is 0 Å². The normalized spacial score (nSPS) is 10.8. The smallest absolute Gasteiger partial charge is 0.248 e. The first kappa shape index (κ1) is 19.4. The fourth-order valence-corrected chi connectivity index (χ4v) is 2.34. The van der Waals surface area contributed by atoms with Crippen molar-refractivity contribution in [1.29, 1.82) is 0 Å². The highest BCUT2D eigenvalue weighted by Crippen LogP contribution is 2.29. The van der Waals surface area contributed by atoms with Gasteiger partial charge in [-0.05, 0) is 61.9 Å². The Balaban J connectivity index is 2.03. The first-order chi connectivity index (χ1) is 12.4. The number of methoxy groups -OCH3 is 1. The van der Waals surface area contributed by atoms with E-state index in [1.54, 1.807) is 13.2 Å². The van der Waals surface area contributed by atoms with Gasteiger partial charge >= 0.3 is 0 Å². The average molecular weight is 354 g/mol. The Bertz CT molecular complexity index is 765. The number of rotatable bonds is 7. The molecule has 5 nitrogen and oxygen atoms in total. The van der Waals surface area contributed by atoms with Gasteiger partial charge in [-0.15, -0.1) is 0 Å². The molecule has 0 atom stereocenters. The number of nitrogens with one attached hydrogen (secondary N) is 1. The number of nitrogens with zero attached hydrogens (tertiary/aromatic N) is 1. The van der Waals surface area contributed by atoms with Crippen molar-refractivity contribution in [1.82, 2.24) is 0 Å². The lowest BCUT2D eigenvalue weighted by Crippen LogP contribution is -2.10. The third-order valence-corrected chi connectivity index (χ3v) is 3.63. The van der Waals surface area contributed by atoms with E-state index >= 15 is 0 Å². The van der Waals surface area contributed by atoms with Crippen LogP contribution in [0.2, 0.25) is 0 Å². The monoisotopic (exact) mass is 354 g/mol. The first-order valence-corrected chi connectivity index (χ1v) is 8.50. The average Bonchev–Trinajstić information content (AvgIpc) is 2.60. The number of amides is 1.